The first-order valence-corrected chi connectivity index (χ1v) is 13.3. The van der Waals surface area contributed by atoms with Crippen molar-refractivity contribution in [2.75, 3.05) is 0 Å². The minimum absolute atomic E-state index is 0.0846. The predicted molar refractivity (Wildman–Crippen MR) is 120 cm³/mol. The van der Waals surface area contributed by atoms with Crippen molar-refractivity contribution < 1.29 is 23.4 Å². The van der Waals surface area contributed by atoms with Crippen LogP contribution < -0.4 is 0 Å². The van der Waals surface area contributed by atoms with E-state index in [2.05, 4.69) is 53.9 Å². The van der Waals surface area contributed by atoms with Crippen molar-refractivity contribution in [2.24, 2.45) is 0 Å². The zero-order chi connectivity index (χ0) is 22.5. The Labute approximate surface area is 178 Å². The van der Waals surface area contributed by atoms with Gasteiger partial charge in [0, 0.05) is 12.5 Å². The Balaban J connectivity index is 2.85. The molecule has 1 heterocycles. The second-order valence-corrected chi connectivity index (χ2v) is 14.3. The zero-order valence-corrected chi connectivity index (χ0v) is 20.5. The minimum Gasteiger partial charge on any atom is -0.455 e. The number of esters is 1. The van der Waals surface area contributed by atoms with Gasteiger partial charge in [-0.05, 0) is 51.4 Å². The summed E-state index contributed by atoms with van der Waals surface area (Å²) in [6.45, 7) is 24.2. The molecule has 5 nitrogen and oxygen atoms in total. The molecule has 29 heavy (non-hydrogen) atoms. The van der Waals surface area contributed by atoms with Gasteiger partial charge in [-0.1, -0.05) is 39.5 Å². The Bertz CT molecular complexity index is 603. The molecular formula is C23H40O5Si. The summed E-state index contributed by atoms with van der Waals surface area (Å²) in [5, 5.41) is 0.124. The van der Waals surface area contributed by atoms with Crippen LogP contribution in [0.25, 0.3) is 0 Å². The first-order valence-electron chi connectivity index (χ1n) is 10.4. The summed E-state index contributed by atoms with van der Waals surface area (Å²) < 4.78 is 24.2. The topological polar surface area (TPSA) is 54.0 Å². The van der Waals surface area contributed by atoms with Crippen LogP contribution in [0.5, 0.6) is 0 Å². The van der Waals surface area contributed by atoms with E-state index in [4.69, 9.17) is 18.6 Å². The van der Waals surface area contributed by atoms with E-state index >= 15 is 0 Å². The van der Waals surface area contributed by atoms with E-state index in [0.717, 1.165) is 6.08 Å². The van der Waals surface area contributed by atoms with Crippen LogP contribution in [0.2, 0.25) is 18.1 Å². The molecule has 1 fully saturated rings. The third kappa shape index (κ3) is 7.85. The molecule has 0 unspecified atom stereocenters. The van der Waals surface area contributed by atoms with E-state index in [1.807, 2.05) is 26.0 Å². The summed E-state index contributed by atoms with van der Waals surface area (Å²) in [6.07, 6.45) is 7.15. The van der Waals surface area contributed by atoms with Crippen LogP contribution >= 0.6 is 0 Å². The Morgan fingerprint density at radius 2 is 1.86 bits per heavy atom. The highest BCUT2D eigenvalue weighted by atomic mass is 28.4. The van der Waals surface area contributed by atoms with E-state index < -0.39 is 20.1 Å². The lowest BCUT2D eigenvalue weighted by atomic mass is 10.1. The Kier molecular flexibility index (Phi) is 9.08. The van der Waals surface area contributed by atoms with Gasteiger partial charge in [0.1, 0.15) is 12.2 Å². The van der Waals surface area contributed by atoms with Crippen LogP contribution in [0.1, 0.15) is 54.4 Å². The fraction of sp³-hybridized carbons (Fsp3) is 0.696. The smallest absolute Gasteiger partial charge is 0.330 e. The van der Waals surface area contributed by atoms with Crippen molar-refractivity contribution in [3.63, 3.8) is 0 Å². The highest BCUT2D eigenvalue weighted by molar-refractivity contribution is 6.74. The molecular weight excluding hydrogens is 384 g/mol. The van der Waals surface area contributed by atoms with Gasteiger partial charge in [0.15, 0.2) is 14.1 Å². The van der Waals surface area contributed by atoms with Gasteiger partial charge >= 0.3 is 5.97 Å². The molecule has 0 aromatic carbocycles. The Morgan fingerprint density at radius 3 is 2.38 bits per heavy atom. The predicted octanol–water partition coefficient (Wildman–Crippen LogP) is 5.54. The highest BCUT2D eigenvalue weighted by Crippen LogP contribution is 2.40. The molecule has 0 aromatic rings. The summed E-state index contributed by atoms with van der Waals surface area (Å²) in [4.78, 5) is 11.5. The molecule has 0 aliphatic carbocycles. The van der Waals surface area contributed by atoms with Crippen molar-refractivity contribution in [2.45, 2.75) is 103 Å². The number of ether oxygens (including phenoxy) is 3. The average molecular weight is 425 g/mol. The quantitative estimate of drug-likeness (QED) is 0.199. The second kappa shape index (κ2) is 10.2. The molecule has 1 saturated heterocycles. The maximum Gasteiger partial charge on any atom is 0.330 e. The number of carbonyl (C=O) groups excluding carboxylic acids is 1. The Hall–Kier alpha value is -1.21. The maximum absolute atomic E-state index is 11.5. The van der Waals surface area contributed by atoms with Gasteiger partial charge in [-0.15, -0.1) is 6.58 Å². The van der Waals surface area contributed by atoms with Gasteiger partial charge in [0.2, 0.25) is 0 Å². The van der Waals surface area contributed by atoms with E-state index in [1.165, 1.54) is 0 Å². The molecule has 4 atom stereocenters. The van der Waals surface area contributed by atoms with Gasteiger partial charge in [-0.3, -0.25) is 0 Å². The second-order valence-electron chi connectivity index (χ2n) is 9.59. The normalized spacial score (nSPS) is 24.3. The summed E-state index contributed by atoms with van der Waals surface area (Å²) >= 11 is 0. The van der Waals surface area contributed by atoms with Crippen LogP contribution in [0.4, 0.5) is 0 Å². The lowest BCUT2D eigenvalue weighted by Crippen LogP contribution is -2.48. The van der Waals surface area contributed by atoms with Crippen molar-refractivity contribution >= 4 is 14.3 Å². The van der Waals surface area contributed by atoms with Crippen molar-refractivity contribution in [3.8, 4) is 0 Å². The molecule has 0 radical (unpaired) electrons. The molecule has 6 heteroatoms. The first kappa shape index (κ1) is 25.8. The fourth-order valence-electron chi connectivity index (χ4n) is 3.04. The zero-order valence-electron chi connectivity index (χ0n) is 19.5. The van der Waals surface area contributed by atoms with Crippen LogP contribution in [-0.4, -0.2) is 44.5 Å². The monoisotopic (exact) mass is 424 g/mol. The minimum atomic E-state index is -1.93. The third-order valence-corrected chi connectivity index (χ3v) is 10.1. The summed E-state index contributed by atoms with van der Waals surface area (Å²) in [5.41, 5.74) is 0. The number of carbonyl (C=O) groups is 1. The molecule has 0 amide bonds. The lowest BCUT2D eigenvalue weighted by molar-refractivity contribution is -0.153. The van der Waals surface area contributed by atoms with Crippen LogP contribution in [-0.2, 0) is 23.4 Å². The largest absolute Gasteiger partial charge is 0.455 e. The van der Waals surface area contributed by atoms with Crippen LogP contribution in [0.15, 0.2) is 37.5 Å². The molecule has 0 bridgehead atoms. The van der Waals surface area contributed by atoms with Crippen LogP contribution in [0, 0.1) is 0 Å². The Morgan fingerprint density at radius 1 is 1.24 bits per heavy atom. The van der Waals surface area contributed by atoms with E-state index in [9.17, 15) is 4.79 Å². The SMILES string of the molecule is C=CC[C@H](/C=C/C[C@H]1OC(C)(C)O[C@@H]1[C@@H](C)O[Si](C)(C)C(C)(C)C)OC(=O)C=C. The molecule has 0 aromatic heterocycles. The summed E-state index contributed by atoms with van der Waals surface area (Å²) in [7, 11) is -1.93. The van der Waals surface area contributed by atoms with Crippen LogP contribution in [0.3, 0.4) is 0 Å². The molecule has 166 valence electrons. The van der Waals surface area contributed by atoms with Gasteiger partial charge in [-0.25, -0.2) is 4.79 Å². The molecule has 1 aliphatic heterocycles. The third-order valence-electron chi connectivity index (χ3n) is 5.52. The van der Waals surface area contributed by atoms with Crippen molar-refractivity contribution in [1.82, 2.24) is 0 Å². The summed E-state index contributed by atoms with van der Waals surface area (Å²) in [5.74, 6) is -1.11. The van der Waals surface area contributed by atoms with Gasteiger partial charge < -0.3 is 18.6 Å². The van der Waals surface area contributed by atoms with E-state index in [-0.39, 0.29) is 29.5 Å². The van der Waals surface area contributed by atoms with Gasteiger partial charge in [0.25, 0.3) is 0 Å². The maximum atomic E-state index is 11.5. The standard InChI is InChI=1S/C23H40O5Si/c1-11-14-18(25-20(24)12-2)15-13-16-19-21(27-23(7,8)26-19)17(3)28-29(9,10)22(4,5)6/h11-13,15,17-19,21H,1-2,14,16H2,3-10H3/b15-13+/t17-,18-,19-,21-/m1/s1. The number of hydrogen-bond donors (Lipinski definition) is 0. The molecule has 0 saturated carbocycles. The highest BCUT2D eigenvalue weighted by Gasteiger charge is 2.47. The molecule has 1 rings (SSSR count). The number of rotatable bonds is 10. The number of hydrogen-bond acceptors (Lipinski definition) is 5. The average Bonchev–Trinajstić information content (AvgIpc) is 2.88. The summed E-state index contributed by atoms with van der Waals surface area (Å²) in [6, 6.07) is 0. The van der Waals surface area contributed by atoms with Gasteiger partial charge in [0.05, 0.1) is 12.2 Å². The van der Waals surface area contributed by atoms with Crippen molar-refractivity contribution in [3.05, 3.63) is 37.5 Å². The fourth-order valence-corrected chi connectivity index (χ4v) is 4.46. The lowest BCUT2D eigenvalue weighted by Gasteiger charge is -2.40. The first-order chi connectivity index (χ1) is 13.2. The molecule has 0 spiro atoms. The van der Waals surface area contributed by atoms with Crippen molar-refractivity contribution in [1.29, 1.82) is 0 Å². The van der Waals surface area contributed by atoms with E-state index in [0.29, 0.717) is 12.8 Å². The van der Waals surface area contributed by atoms with E-state index in [1.54, 1.807) is 6.08 Å². The molecule has 0 N–H and O–H groups in total. The van der Waals surface area contributed by atoms with Gasteiger partial charge in [-0.2, -0.15) is 0 Å². The molecule has 1 aliphatic rings.